The molecule has 7 heteroatoms. The maximum atomic E-state index is 12.2. The standard InChI is InChI=1S/C18H20N4OS2/c1-3-13-6-8-14(9-7-13)12(2)19-16(23)11-25-18-20-17(21-22-18)15-5-4-10-24-15/h4-10,12H,3,11H2,1-2H3,(H,19,23)(H,20,21,22)/t12-/m0/s1. The first-order valence-electron chi connectivity index (χ1n) is 8.13. The first-order chi connectivity index (χ1) is 12.2. The molecule has 3 aromatic rings. The third kappa shape index (κ3) is 4.70. The summed E-state index contributed by atoms with van der Waals surface area (Å²) in [6.45, 7) is 4.12. The smallest absolute Gasteiger partial charge is 0.230 e. The van der Waals surface area contributed by atoms with Crippen molar-refractivity contribution in [2.75, 3.05) is 5.75 Å². The van der Waals surface area contributed by atoms with Crippen molar-refractivity contribution in [2.24, 2.45) is 0 Å². The Morgan fingerprint density at radius 3 is 2.80 bits per heavy atom. The highest BCUT2D eigenvalue weighted by atomic mass is 32.2. The zero-order chi connectivity index (χ0) is 17.6. The molecule has 0 saturated carbocycles. The molecule has 0 radical (unpaired) electrons. The van der Waals surface area contributed by atoms with Gasteiger partial charge in [0.15, 0.2) is 5.82 Å². The minimum absolute atomic E-state index is 0.0205. The Balaban J connectivity index is 1.50. The van der Waals surface area contributed by atoms with E-state index in [2.05, 4.69) is 51.7 Å². The number of rotatable bonds is 7. The molecule has 1 amide bonds. The van der Waals surface area contributed by atoms with Gasteiger partial charge in [-0.15, -0.1) is 16.4 Å². The minimum Gasteiger partial charge on any atom is -0.349 e. The molecule has 0 aliphatic heterocycles. The third-order valence-corrected chi connectivity index (χ3v) is 5.54. The zero-order valence-corrected chi connectivity index (χ0v) is 15.8. The second-order valence-corrected chi connectivity index (χ2v) is 7.51. The van der Waals surface area contributed by atoms with E-state index < -0.39 is 0 Å². The zero-order valence-electron chi connectivity index (χ0n) is 14.2. The van der Waals surface area contributed by atoms with Crippen LogP contribution in [0.4, 0.5) is 0 Å². The van der Waals surface area contributed by atoms with Gasteiger partial charge in [0, 0.05) is 0 Å². The molecule has 1 atom stereocenters. The number of thiophene rings is 1. The largest absolute Gasteiger partial charge is 0.349 e. The minimum atomic E-state index is -0.0282. The molecule has 130 valence electrons. The maximum absolute atomic E-state index is 12.2. The van der Waals surface area contributed by atoms with Crippen molar-refractivity contribution < 1.29 is 4.79 Å². The number of H-pyrrole nitrogens is 1. The molecule has 5 nitrogen and oxygen atoms in total. The molecule has 0 saturated heterocycles. The van der Waals surface area contributed by atoms with E-state index in [1.807, 2.05) is 24.4 Å². The Morgan fingerprint density at radius 2 is 2.12 bits per heavy atom. The number of hydrogen-bond acceptors (Lipinski definition) is 5. The number of aromatic amines is 1. The highest BCUT2D eigenvalue weighted by Gasteiger charge is 2.12. The van der Waals surface area contributed by atoms with Crippen molar-refractivity contribution >= 4 is 29.0 Å². The van der Waals surface area contributed by atoms with Gasteiger partial charge >= 0.3 is 0 Å². The monoisotopic (exact) mass is 372 g/mol. The number of hydrogen-bond donors (Lipinski definition) is 2. The number of carbonyl (C=O) groups excluding carboxylic acids is 1. The van der Waals surface area contributed by atoms with Gasteiger partial charge in [0.25, 0.3) is 0 Å². The van der Waals surface area contributed by atoms with Gasteiger partial charge in [-0.25, -0.2) is 4.98 Å². The number of aryl methyl sites for hydroxylation is 1. The number of benzene rings is 1. The van der Waals surface area contributed by atoms with E-state index in [-0.39, 0.29) is 11.9 Å². The average Bonchev–Trinajstić information content (AvgIpc) is 3.31. The second kappa shape index (κ2) is 8.31. The molecule has 0 spiro atoms. The fraction of sp³-hybridized carbons (Fsp3) is 0.278. The normalized spacial score (nSPS) is 12.1. The highest BCUT2D eigenvalue weighted by Crippen LogP contribution is 2.23. The van der Waals surface area contributed by atoms with Crippen LogP contribution in [0.5, 0.6) is 0 Å². The van der Waals surface area contributed by atoms with Gasteiger partial charge < -0.3 is 5.32 Å². The van der Waals surface area contributed by atoms with Gasteiger partial charge in [-0.2, -0.15) is 0 Å². The van der Waals surface area contributed by atoms with E-state index in [1.165, 1.54) is 17.3 Å². The fourth-order valence-corrected chi connectivity index (χ4v) is 3.65. The van der Waals surface area contributed by atoms with Crippen molar-refractivity contribution in [3.8, 4) is 10.7 Å². The van der Waals surface area contributed by atoms with E-state index >= 15 is 0 Å². The SMILES string of the molecule is CCc1ccc([C@H](C)NC(=O)CSc2n[nH]c(-c3cccs3)n2)cc1. The van der Waals surface area contributed by atoms with E-state index in [0.717, 1.165) is 22.7 Å². The van der Waals surface area contributed by atoms with Crippen molar-refractivity contribution in [1.29, 1.82) is 0 Å². The van der Waals surface area contributed by atoms with Crippen LogP contribution in [0.25, 0.3) is 10.7 Å². The summed E-state index contributed by atoms with van der Waals surface area (Å²) in [7, 11) is 0. The molecule has 2 heterocycles. The molecule has 0 aliphatic carbocycles. The molecule has 3 rings (SSSR count). The number of thioether (sulfide) groups is 1. The summed E-state index contributed by atoms with van der Waals surface area (Å²) in [5, 5.41) is 12.6. The van der Waals surface area contributed by atoms with Gasteiger partial charge in [0.05, 0.1) is 16.7 Å². The van der Waals surface area contributed by atoms with Crippen LogP contribution >= 0.6 is 23.1 Å². The van der Waals surface area contributed by atoms with Gasteiger partial charge in [-0.05, 0) is 35.9 Å². The molecule has 2 N–H and O–H groups in total. The molecular weight excluding hydrogens is 352 g/mol. The van der Waals surface area contributed by atoms with Crippen LogP contribution in [-0.4, -0.2) is 26.8 Å². The van der Waals surface area contributed by atoms with Gasteiger partial charge in [-0.3, -0.25) is 9.89 Å². The van der Waals surface area contributed by atoms with Crippen molar-refractivity contribution in [1.82, 2.24) is 20.5 Å². The number of nitrogens with one attached hydrogen (secondary N) is 2. The molecular formula is C18H20N4OS2. The summed E-state index contributed by atoms with van der Waals surface area (Å²) in [5.74, 6) is 1.00. The Hall–Kier alpha value is -2.12. The molecule has 25 heavy (non-hydrogen) atoms. The van der Waals surface area contributed by atoms with E-state index in [4.69, 9.17) is 0 Å². The van der Waals surface area contributed by atoms with Crippen LogP contribution < -0.4 is 5.32 Å². The highest BCUT2D eigenvalue weighted by molar-refractivity contribution is 7.99. The Morgan fingerprint density at radius 1 is 1.32 bits per heavy atom. The third-order valence-electron chi connectivity index (χ3n) is 3.82. The first kappa shape index (κ1) is 17.7. The predicted molar refractivity (Wildman–Crippen MR) is 103 cm³/mol. The number of carbonyl (C=O) groups is 1. The van der Waals surface area contributed by atoms with E-state index in [0.29, 0.717) is 10.9 Å². The maximum Gasteiger partial charge on any atom is 0.230 e. The quantitative estimate of drug-likeness (QED) is 0.614. The van der Waals surface area contributed by atoms with E-state index in [1.54, 1.807) is 11.3 Å². The Kier molecular flexibility index (Phi) is 5.88. The summed E-state index contributed by atoms with van der Waals surface area (Å²) in [4.78, 5) is 17.6. The summed E-state index contributed by atoms with van der Waals surface area (Å²) in [6, 6.07) is 12.3. The van der Waals surface area contributed by atoms with Crippen molar-refractivity contribution in [3.05, 3.63) is 52.9 Å². The van der Waals surface area contributed by atoms with Crippen molar-refractivity contribution in [2.45, 2.75) is 31.5 Å². The lowest BCUT2D eigenvalue weighted by atomic mass is 10.1. The molecule has 1 aromatic carbocycles. The average molecular weight is 373 g/mol. The first-order valence-corrected chi connectivity index (χ1v) is 9.99. The summed E-state index contributed by atoms with van der Waals surface area (Å²) >= 11 is 2.93. The molecule has 0 unspecified atom stereocenters. The number of aromatic nitrogens is 3. The Bertz CT molecular complexity index is 812. The number of nitrogens with zero attached hydrogens (tertiary/aromatic N) is 2. The van der Waals surface area contributed by atoms with Crippen LogP contribution in [-0.2, 0) is 11.2 Å². The lowest BCUT2D eigenvalue weighted by Gasteiger charge is -2.14. The summed E-state index contributed by atoms with van der Waals surface area (Å²) < 4.78 is 0. The fourth-order valence-electron chi connectivity index (χ4n) is 2.37. The van der Waals surface area contributed by atoms with Crippen LogP contribution in [0.3, 0.4) is 0 Å². The number of amides is 1. The van der Waals surface area contributed by atoms with Crippen molar-refractivity contribution in [3.63, 3.8) is 0 Å². The summed E-state index contributed by atoms with van der Waals surface area (Å²) in [6.07, 6.45) is 1.02. The second-order valence-electron chi connectivity index (χ2n) is 5.62. The Labute approximate surface area is 155 Å². The van der Waals surface area contributed by atoms with Crippen LogP contribution in [0, 0.1) is 0 Å². The molecule has 0 fully saturated rings. The van der Waals surface area contributed by atoms with E-state index in [9.17, 15) is 4.79 Å². The van der Waals surface area contributed by atoms with Crippen LogP contribution in [0.15, 0.2) is 46.9 Å². The van der Waals surface area contributed by atoms with Gasteiger partial charge in [0.2, 0.25) is 11.1 Å². The molecule has 0 aliphatic rings. The lowest BCUT2D eigenvalue weighted by Crippen LogP contribution is -2.28. The van der Waals surface area contributed by atoms with Crippen LogP contribution in [0.1, 0.15) is 31.0 Å². The summed E-state index contributed by atoms with van der Waals surface area (Å²) in [5.41, 5.74) is 2.40. The topological polar surface area (TPSA) is 70.7 Å². The molecule has 0 bridgehead atoms. The molecule has 2 aromatic heterocycles. The van der Waals surface area contributed by atoms with Gasteiger partial charge in [0.1, 0.15) is 0 Å². The van der Waals surface area contributed by atoms with Gasteiger partial charge in [-0.1, -0.05) is 49.0 Å². The predicted octanol–water partition coefficient (Wildman–Crippen LogP) is 4.07. The lowest BCUT2D eigenvalue weighted by molar-refractivity contribution is -0.119. The van der Waals surface area contributed by atoms with Crippen LogP contribution in [0.2, 0.25) is 0 Å².